The van der Waals surface area contributed by atoms with Crippen LogP contribution in [0.1, 0.15) is 18.1 Å². The van der Waals surface area contributed by atoms with Crippen molar-refractivity contribution in [3.63, 3.8) is 0 Å². The molecule has 3 N–H and O–H groups in total. The first-order valence-corrected chi connectivity index (χ1v) is 5.61. The molecule has 0 fully saturated rings. The van der Waals surface area contributed by atoms with Crippen molar-refractivity contribution in [2.24, 2.45) is 0 Å². The second-order valence-electron chi connectivity index (χ2n) is 3.60. The van der Waals surface area contributed by atoms with E-state index in [1.165, 1.54) is 6.20 Å². The van der Waals surface area contributed by atoms with Crippen LogP contribution in [-0.2, 0) is 0 Å². The third-order valence-corrected chi connectivity index (χ3v) is 2.70. The summed E-state index contributed by atoms with van der Waals surface area (Å²) in [7, 11) is 0. The molecular formula is C10H13N3O2S. The molecule has 0 aliphatic rings. The Bertz CT molecular complexity index is 474. The van der Waals surface area contributed by atoms with Gasteiger partial charge in [0.15, 0.2) is 5.65 Å². The SMILES string of the molecule is OC(CCS)C(O)c1cnc2[nH]ncc2c1. The first-order valence-electron chi connectivity index (χ1n) is 4.98. The van der Waals surface area contributed by atoms with E-state index in [-0.39, 0.29) is 0 Å². The van der Waals surface area contributed by atoms with E-state index in [0.29, 0.717) is 23.4 Å². The summed E-state index contributed by atoms with van der Waals surface area (Å²) in [6, 6.07) is 1.76. The lowest BCUT2D eigenvalue weighted by atomic mass is 10.0. The fraction of sp³-hybridized carbons (Fsp3) is 0.400. The summed E-state index contributed by atoms with van der Waals surface area (Å²) < 4.78 is 0. The van der Waals surface area contributed by atoms with E-state index in [1.54, 1.807) is 12.3 Å². The zero-order valence-electron chi connectivity index (χ0n) is 8.54. The minimum atomic E-state index is -0.932. The largest absolute Gasteiger partial charge is 0.390 e. The fourth-order valence-corrected chi connectivity index (χ4v) is 1.79. The smallest absolute Gasteiger partial charge is 0.155 e. The van der Waals surface area contributed by atoms with Crippen LogP contribution in [0.25, 0.3) is 11.0 Å². The molecule has 6 heteroatoms. The number of aromatic nitrogens is 3. The van der Waals surface area contributed by atoms with Gasteiger partial charge in [-0.3, -0.25) is 5.10 Å². The molecule has 0 bridgehead atoms. The minimum Gasteiger partial charge on any atom is -0.390 e. The highest BCUT2D eigenvalue weighted by Gasteiger charge is 2.18. The topological polar surface area (TPSA) is 82.0 Å². The molecule has 2 atom stereocenters. The quantitative estimate of drug-likeness (QED) is 0.591. The van der Waals surface area contributed by atoms with Gasteiger partial charge in [-0.05, 0) is 18.2 Å². The summed E-state index contributed by atoms with van der Waals surface area (Å²) >= 11 is 4.01. The average molecular weight is 239 g/mol. The van der Waals surface area contributed by atoms with Gasteiger partial charge in [0.05, 0.1) is 12.3 Å². The minimum absolute atomic E-state index is 0.438. The lowest BCUT2D eigenvalue weighted by molar-refractivity contribution is 0.0171. The predicted molar refractivity (Wildman–Crippen MR) is 63.3 cm³/mol. The van der Waals surface area contributed by atoms with Crippen LogP contribution in [-0.4, -0.2) is 37.3 Å². The van der Waals surface area contributed by atoms with Gasteiger partial charge in [0, 0.05) is 17.1 Å². The van der Waals surface area contributed by atoms with Gasteiger partial charge < -0.3 is 10.2 Å². The van der Waals surface area contributed by atoms with Gasteiger partial charge in [-0.2, -0.15) is 17.7 Å². The van der Waals surface area contributed by atoms with Crippen LogP contribution in [0.15, 0.2) is 18.5 Å². The third-order valence-electron chi connectivity index (χ3n) is 2.44. The van der Waals surface area contributed by atoms with E-state index in [2.05, 4.69) is 27.8 Å². The van der Waals surface area contributed by atoms with Crippen LogP contribution >= 0.6 is 12.6 Å². The maximum absolute atomic E-state index is 9.86. The van der Waals surface area contributed by atoms with Gasteiger partial charge >= 0.3 is 0 Å². The van der Waals surface area contributed by atoms with Crippen molar-refractivity contribution < 1.29 is 10.2 Å². The number of aromatic amines is 1. The van der Waals surface area contributed by atoms with Crippen LogP contribution in [0.3, 0.4) is 0 Å². The zero-order valence-corrected chi connectivity index (χ0v) is 9.43. The van der Waals surface area contributed by atoms with Gasteiger partial charge in [-0.15, -0.1) is 0 Å². The fourth-order valence-electron chi connectivity index (χ4n) is 1.53. The Balaban J connectivity index is 2.24. The maximum atomic E-state index is 9.86. The standard InChI is InChI=1S/C10H13N3O2S/c14-8(1-2-16)9(15)6-3-7-5-12-13-10(7)11-4-6/h3-5,8-9,14-16H,1-2H2,(H,11,12,13). The molecule has 86 valence electrons. The number of nitrogens with zero attached hydrogens (tertiary/aromatic N) is 2. The average Bonchev–Trinajstić information content (AvgIpc) is 2.75. The van der Waals surface area contributed by atoms with Crippen molar-refractivity contribution in [1.29, 1.82) is 0 Å². The van der Waals surface area contributed by atoms with Crippen molar-refractivity contribution in [2.75, 3.05) is 5.75 Å². The molecule has 2 heterocycles. The molecule has 0 aliphatic heterocycles. The molecule has 0 aromatic carbocycles. The van der Waals surface area contributed by atoms with Crippen LogP contribution in [0.2, 0.25) is 0 Å². The second-order valence-corrected chi connectivity index (χ2v) is 4.05. The Morgan fingerprint density at radius 2 is 2.19 bits per heavy atom. The zero-order chi connectivity index (χ0) is 11.5. The number of nitrogens with one attached hydrogen (secondary N) is 1. The number of fused-ring (bicyclic) bond motifs is 1. The lowest BCUT2D eigenvalue weighted by Gasteiger charge is -2.16. The van der Waals surface area contributed by atoms with E-state index in [0.717, 1.165) is 5.39 Å². The van der Waals surface area contributed by atoms with E-state index >= 15 is 0 Å². The number of hydrogen-bond acceptors (Lipinski definition) is 5. The first kappa shape index (κ1) is 11.4. The number of aliphatic hydroxyl groups is 2. The van der Waals surface area contributed by atoms with Crippen molar-refractivity contribution >= 4 is 23.7 Å². The van der Waals surface area contributed by atoms with Gasteiger partial charge in [0.1, 0.15) is 6.10 Å². The van der Waals surface area contributed by atoms with Gasteiger partial charge in [0.2, 0.25) is 0 Å². The van der Waals surface area contributed by atoms with Crippen LogP contribution in [0, 0.1) is 0 Å². The number of aliphatic hydroxyl groups excluding tert-OH is 2. The summed E-state index contributed by atoms with van der Waals surface area (Å²) in [5.41, 5.74) is 1.25. The van der Waals surface area contributed by atoms with Crippen molar-refractivity contribution in [2.45, 2.75) is 18.6 Å². The molecule has 5 nitrogen and oxygen atoms in total. The molecule has 0 saturated heterocycles. The maximum Gasteiger partial charge on any atom is 0.155 e. The number of pyridine rings is 1. The van der Waals surface area contributed by atoms with Gasteiger partial charge in [-0.25, -0.2) is 4.98 Å². The highest BCUT2D eigenvalue weighted by atomic mass is 32.1. The number of rotatable bonds is 4. The summed E-state index contributed by atoms with van der Waals surface area (Å²) in [4.78, 5) is 4.10. The predicted octanol–water partition coefficient (Wildman–Crippen LogP) is 0.672. The number of hydrogen-bond donors (Lipinski definition) is 4. The summed E-state index contributed by atoms with van der Waals surface area (Å²) in [5.74, 6) is 0.527. The van der Waals surface area contributed by atoms with Crippen molar-refractivity contribution in [3.8, 4) is 0 Å². The second kappa shape index (κ2) is 4.82. The van der Waals surface area contributed by atoms with Crippen LogP contribution in [0.5, 0.6) is 0 Å². The Labute approximate surface area is 97.9 Å². The molecule has 2 aromatic rings. The molecular weight excluding hydrogens is 226 g/mol. The third kappa shape index (κ3) is 2.18. The molecule has 0 aliphatic carbocycles. The van der Waals surface area contributed by atoms with E-state index in [1.807, 2.05) is 0 Å². The Hall–Kier alpha value is -1.11. The normalized spacial score (nSPS) is 15.2. The van der Waals surface area contributed by atoms with Crippen molar-refractivity contribution in [1.82, 2.24) is 15.2 Å². The Morgan fingerprint density at radius 1 is 1.38 bits per heavy atom. The molecule has 0 amide bonds. The van der Waals surface area contributed by atoms with Gasteiger partial charge in [0.25, 0.3) is 0 Å². The molecule has 0 spiro atoms. The number of thiol groups is 1. The highest BCUT2D eigenvalue weighted by molar-refractivity contribution is 7.80. The monoisotopic (exact) mass is 239 g/mol. The van der Waals surface area contributed by atoms with E-state index in [4.69, 9.17) is 0 Å². The van der Waals surface area contributed by atoms with Crippen molar-refractivity contribution in [3.05, 3.63) is 24.0 Å². The van der Waals surface area contributed by atoms with E-state index in [9.17, 15) is 10.2 Å². The highest BCUT2D eigenvalue weighted by Crippen LogP contribution is 2.21. The summed E-state index contributed by atoms with van der Waals surface area (Å²) in [5, 5.41) is 26.9. The van der Waals surface area contributed by atoms with Crippen LogP contribution < -0.4 is 0 Å². The Kier molecular flexibility index (Phi) is 3.42. The summed E-state index contributed by atoms with van der Waals surface area (Å²) in [6.45, 7) is 0. The lowest BCUT2D eigenvalue weighted by Crippen LogP contribution is -2.18. The molecule has 16 heavy (non-hydrogen) atoms. The number of H-pyrrole nitrogens is 1. The van der Waals surface area contributed by atoms with E-state index < -0.39 is 12.2 Å². The molecule has 0 saturated carbocycles. The Morgan fingerprint density at radius 3 is 2.94 bits per heavy atom. The molecule has 2 aromatic heterocycles. The van der Waals surface area contributed by atoms with Gasteiger partial charge in [-0.1, -0.05) is 0 Å². The molecule has 2 unspecified atom stereocenters. The summed E-state index contributed by atoms with van der Waals surface area (Å²) in [6.07, 6.45) is 1.85. The molecule has 2 rings (SSSR count). The molecule has 0 radical (unpaired) electrons. The van der Waals surface area contributed by atoms with Crippen LogP contribution in [0.4, 0.5) is 0 Å². The first-order chi connectivity index (χ1) is 7.72.